The SMILES string of the molecule is CC.CC.COc1ccc(C(=O)NCCO)cc1C. The first-order valence-electron chi connectivity index (χ1n) is 6.72. The molecule has 0 aliphatic heterocycles. The number of carbonyl (C=O) groups excluding carboxylic acids is 1. The summed E-state index contributed by atoms with van der Waals surface area (Å²) < 4.78 is 5.09. The zero-order chi connectivity index (χ0) is 15.3. The predicted octanol–water partition coefficient (Wildman–Crippen LogP) is 2.78. The average Bonchev–Trinajstić information content (AvgIpc) is 2.48. The maximum absolute atomic E-state index is 11.5. The third-order valence-corrected chi connectivity index (χ3v) is 2.05. The molecule has 0 aliphatic rings. The Bertz CT molecular complexity index is 351. The summed E-state index contributed by atoms with van der Waals surface area (Å²) in [6.45, 7) is 10.1. The average molecular weight is 269 g/mol. The Morgan fingerprint density at radius 1 is 1.26 bits per heavy atom. The number of benzene rings is 1. The number of amides is 1. The van der Waals surface area contributed by atoms with E-state index in [0.29, 0.717) is 5.56 Å². The van der Waals surface area contributed by atoms with Crippen LogP contribution < -0.4 is 10.1 Å². The maximum Gasteiger partial charge on any atom is 0.251 e. The quantitative estimate of drug-likeness (QED) is 0.883. The van der Waals surface area contributed by atoms with Crippen LogP contribution in [0.4, 0.5) is 0 Å². The van der Waals surface area contributed by atoms with Crippen LogP contribution in [0.5, 0.6) is 5.75 Å². The molecule has 1 amide bonds. The highest BCUT2D eigenvalue weighted by Crippen LogP contribution is 2.18. The summed E-state index contributed by atoms with van der Waals surface area (Å²) >= 11 is 0. The first-order chi connectivity index (χ1) is 9.19. The number of aliphatic hydroxyl groups excluding tert-OH is 1. The van der Waals surface area contributed by atoms with E-state index in [0.717, 1.165) is 11.3 Å². The molecule has 1 aromatic carbocycles. The van der Waals surface area contributed by atoms with Gasteiger partial charge in [0.1, 0.15) is 5.75 Å². The summed E-state index contributed by atoms with van der Waals surface area (Å²) in [5.41, 5.74) is 1.48. The van der Waals surface area contributed by atoms with Gasteiger partial charge in [-0.05, 0) is 30.7 Å². The van der Waals surface area contributed by atoms with Crippen LogP contribution in [0.2, 0.25) is 0 Å². The van der Waals surface area contributed by atoms with Crippen LogP contribution in [-0.2, 0) is 0 Å². The number of methoxy groups -OCH3 is 1. The molecule has 0 spiro atoms. The molecule has 0 fully saturated rings. The number of aryl methyl sites for hydroxylation is 1. The van der Waals surface area contributed by atoms with E-state index in [1.165, 1.54) is 0 Å². The van der Waals surface area contributed by atoms with Crippen molar-refractivity contribution in [1.29, 1.82) is 0 Å². The van der Waals surface area contributed by atoms with Crippen molar-refractivity contribution in [1.82, 2.24) is 5.32 Å². The van der Waals surface area contributed by atoms with Crippen molar-refractivity contribution in [3.05, 3.63) is 29.3 Å². The van der Waals surface area contributed by atoms with Crippen LogP contribution in [0, 0.1) is 6.92 Å². The molecule has 4 nitrogen and oxygen atoms in total. The fraction of sp³-hybridized carbons (Fsp3) is 0.533. The van der Waals surface area contributed by atoms with E-state index in [1.807, 2.05) is 34.6 Å². The highest BCUT2D eigenvalue weighted by atomic mass is 16.5. The third-order valence-electron chi connectivity index (χ3n) is 2.05. The highest BCUT2D eigenvalue weighted by molar-refractivity contribution is 5.94. The van der Waals surface area contributed by atoms with Crippen molar-refractivity contribution in [3.8, 4) is 5.75 Å². The second kappa shape index (κ2) is 12.9. The van der Waals surface area contributed by atoms with Gasteiger partial charge < -0.3 is 15.2 Å². The zero-order valence-electron chi connectivity index (χ0n) is 12.9. The molecule has 1 rings (SSSR count). The monoisotopic (exact) mass is 269 g/mol. The number of ether oxygens (including phenoxy) is 1. The Labute approximate surface area is 116 Å². The molecule has 0 saturated heterocycles. The van der Waals surface area contributed by atoms with E-state index in [4.69, 9.17) is 9.84 Å². The molecule has 0 radical (unpaired) electrons. The van der Waals surface area contributed by atoms with Crippen LogP contribution in [0.15, 0.2) is 18.2 Å². The molecule has 0 atom stereocenters. The molecule has 0 heterocycles. The molecule has 1 aromatic rings. The number of aliphatic hydroxyl groups is 1. The Morgan fingerprint density at radius 2 is 1.84 bits per heavy atom. The van der Waals surface area contributed by atoms with Crippen LogP contribution in [0.1, 0.15) is 43.6 Å². The Morgan fingerprint density at radius 3 is 2.26 bits per heavy atom. The first kappa shape index (κ1) is 19.8. The molecule has 0 unspecified atom stereocenters. The highest BCUT2D eigenvalue weighted by Gasteiger charge is 2.06. The van der Waals surface area contributed by atoms with Crippen molar-refractivity contribution in [2.24, 2.45) is 0 Å². The predicted molar refractivity (Wildman–Crippen MR) is 79.8 cm³/mol. The molecule has 2 N–H and O–H groups in total. The van der Waals surface area contributed by atoms with Gasteiger partial charge in [-0.15, -0.1) is 0 Å². The largest absolute Gasteiger partial charge is 0.496 e. The minimum absolute atomic E-state index is 0.0547. The van der Waals surface area contributed by atoms with Crippen molar-refractivity contribution in [2.45, 2.75) is 34.6 Å². The van der Waals surface area contributed by atoms with Crippen molar-refractivity contribution >= 4 is 5.91 Å². The molecule has 110 valence electrons. The lowest BCUT2D eigenvalue weighted by Gasteiger charge is -2.07. The molecular weight excluding hydrogens is 242 g/mol. The lowest BCUT2D eigenvalue weighted by Crippen LogP contribution is -2.26. The Balaban J connectivity index is 0. The van der Waals surface area contributed by atoms with Gasteiger partial charge >= 0.3 is 0 Å². The zero-order valence-corrected chi connectivity index (χ0v) is 12.9. The molecular formula is C15H27NO3. The summed E-state index contributed by atoms with van der Waals surface area (Å²) in [6.07, 6.45) is 0. The minimum Gasteiger partial charge on any atom is -0.496 e. The second-order valence-electron chi connectivity index (χ2n) is 3.16. The van der Waals surface area contributed by atoms with E-state index in [2.05, 4.69) is 5.32 Å². The number of hydrogen-bond donors (Lipinski definition) is 2. The number of hydrogen-bond acceptors (Lipinski definition) is 3. The van der Waals surface area contributed by atoms with Crippen LogP contribution in [-0.4, -0.2) is 31.3 Å². The summed E-state index contributed by atoms with van der Waals surface area (Å²) in [6, 6.07) is 5.20. The van der Waals surface area contributed by atoms with Gasteiger partial charge in [0.05, 0.1) is 13.7 Å². The summed E-state index contributed by atoms with van der Waals surface area (Å²) in [7, 11) is 1.59. The normalized spacial score (nSPS) is 8.37. The fourth-order valence-electron chi connectivity index (χ4n) is 1.29. The van der Waals surface area contributed by atoms with E-state index < -0.39 is 0 Å². The summed E-state index contributed by atoms with van der Waals surface area (Å²) in [4.78, 5) is 11.5. The number of nitrogens with one attached hydrogen (secondary N) is 1. The van der Waals surface area contributed by atoms with E-state index >= 15 is 0 Å². The third kappa shape index (κ3) is 7.47. The van der Waals surface area contributed by atoms with Crippen LogP contribution in [0.25, 0.3) is 0 Å². The fourth-order valence-corrected chi connectivity index (χ4v) is 1.29. The summed E-state index contributed by atoms with van der Waals surface area (Å²) in [5, 5.41) is 11.1. The number of carbonyl (C=O) groups is 1. The van der Waals surface area contributed by atoms with Crippen molar-refractivity contribution < 1.29 is 14.6 Å². The van der Waals surface area contributed by atoms with Gasteiger partial charge in [0.25, 0.3) is 5.91 Å². The van der Waals surface area contributed by atoms with Gasteiger partial charge in [-0.25, -0.2) is 0 Å². The van der Waals surface area contributed by atoms with E-state index in [-0.39, 0.29) is 19.1 Å². The lowest BCUT2D eigenvalue weighted by atomic mass is 10.1. The van der Waals surface area contributed by atoms with Crippen molar-refractivity contribution in [3.63, 3.8) is 0 Å². The van der Waals surface area contributed by atoms with Gasteiger partial charge in [0.2, 0.25) is 0 Å². The lowest BCUT2D eigenvalue weighted by molar-refractivity contribution is 0.0944. The summed E-state index contributed by atoms with van der Waals surface area (Å²) in [5.74, 6) is 0.573. The van der Waals surface area contributed by atoms with E-state index in [1.54, 1.807) is 25.3 Å². The van der Waals surface area contributed by atoms with Gasteiger partial charge in [-0.2, -0.15) is 0 Å². The molecule has 0 aliphatic carbocycles. The molecule has 4 heteroatoms. The molecule has 0 aromatic heterocycles. The minimum atomic E-state index is -0.185. The standard InChI is InChI=1S/C11H15NO3.2C2H6/c1-8-7-9(3-4-10(8)15-2)11(14)12-5-6-13;2*1-2/h3-4,7,13H,5-6H2,1-2H3,(H,12,14);2*1-2H3. The van der Waals surface area contributed by atoms with Crippen molar-refractivity contribution in [2.75, 3.05) is 20.3 Å². The topological polar surface area (TPSA) is 58.6 Å². The number of rotatable bonds is 4. The Kier molecular flexibility index (Phi) is 13.4. The smallest absolute Gasteiger partial charge is 0.251 e. The Hall–Kier alpha value is -1.55. The van der Waals surface area contributed by atoms with Gasteiger partial charge in [-0.3, -0.25) is 4.79 Å². The molecule has 0 saturated carbocycles. The molecule has 0 bridgehead atoms. The van der Waals surface area contributed by atoms with Gasteiger partial charge in [-0.1, -0.05) is 27.7 Å². The van der Waals surface area contributed by atoms with Crippen LogP contribution >= 0.6 is 0 Å². The van der Waals surface area contributed by atoms with Gasteiger partial charge in [0.15, 0.2) is 0 Å². The molecule has 19 heavy (non-hydrogen) atoms. The second-order valence-corrected chi connectivity index (χ2v) is 3.16. The van der Waals surface area contributed by atoms with E-state index in [9.17, 15) is 4.79 Å². The first-order valence-corrected chi connectivity index (χ1v) is 6.72. The maximum atomic E-state index is 11.5. The van der Waals surface area contributed by atoms with Crippen LogP contribution in [0.3, 0.4) is 0 Å². The van der Waals surface area contributed by atoms with Gasteiger partial charge in [0, 0.05) is 12.1 Å².